The van der Waals surface area contributed by atoms with Gasteiger partial charge in [0.2, 0.25) is 0 Å². The smallest absolute Gasteiger partial charge is 0.194 e. The number of thiazole rings is 1. The summed E-state index contributed by atoms with van der Waals surface area (Å²) in [4.78, 5) is 6.99. The van der Waals surface area contributed by atoms with Gasteiger partial charge >= 0.3 is 0 Å². The molecule has 0 saturated heterocycles. The molecule has 1 N–H and O–H groups in total. The van der Waals surface area contributed by atoms with Crippen LogP contribution >= 0.6 is 11.3 Å². The summed E-state index contributed by atoms with van der Waals surface area (Å²) >= 11 is 1.74. The maximum atomic E-state index is 5.44. The summed E-state index contributed by atoms with van der Waals surface area (Å²) in [6.45, 7) is 8.25. The van der Waals surface area contributed by atoms with E-state index in [1.807, 2.05) is 0 Å². The lowest BCUT2D eigenvalue weighted by Crippen LogP contribution is -2.17. The van der Waals surface area contributed by atoms with Crippen LogP contribution in [-0.4, -0.2) is 42.9 Å². The SMILES string of the molecule is COCCOCCCCNCc1c(C)nc2sc(C)cn12. The van der Waals surface area contributed by atoms with E-state index in [2.05, 4.69) is 34.7 Å². The molecule has 118 valence electrons. The van der Waals surface area contributed by atoms with Gasteiger partial charge in [-0.25, -0.2) is 4.98 Å². The predicted octanol–water partition coefficient (Wildman–Crippen LogP) is 2.55. The van der Waals surface area contributed by atoms with Crippen molar-refractivity contribution < 1.29 is 9.47 Å². The van der Waals surface area contributed by atoms with Crippen LogP contribution in [0.4, 0.5) is 0 Å². The molecule has 0 atom stereocenters. The molecule has 2 aromatic heterocycles. The molecule has 2 heterocycles. The van der Waals surface area contributed by atoms with Crippen LogP contribution in [0, 0.1) is 13.8 Å². The Hall–Kier alpha value is -0.950. The average Bonchev–Trinajstić information content (AvgIpc) is 2.93. The molecule has 0 aliphatic carbocycles. The van der Waals surface area contributed by atoms with Gasteiger partial charge in [-0.15, -0.1) is 11.3 Å². The van der Waals surface area contributed by atoms with Gasteiger partial charge in [-0.3, -0.25) is 4.40 Å². The Morgan fingerprint density at radius 2 is 2.10 bits per heavy atom. The fourth-order valence-corrected chi connectivity index (χ4v) is 3.12. The van der Waals surface area contributed by atoms with Crippen LogP contribution in [0.15, 0.2) is 6.20 Å². The third-order valence-corrected chi connectivity index (χ3v) is 4.26. The molecule has 0 fully saturated rings. The van der Waals surface area contributed by atoms with E-state index in [-0.39, 0.29) is 0 Å². The zero-order valence-electron chi connectivity index (χ0n) is 13.1. The minimum absolute atomic E-state index is 0.675. The first-order chi connectivity index (χ1) is 10.2. The van der Waals surface area contributed by atoms with Gasteiger partial charge in [-0.2, -0.15) is 0 Å². The molecule has 0 aliphatic heterocycles. The van der Waals surface area contributed by atoms with Crippen molar-refractivity contribution in [3.05, 3.63) is 22.5 Å². The van der Waals surface area contributed by atoms with E-state index < -0.39 is 0 Å². The second-order valence-corrected chi connectivity index (χ2v) is 6.34. The maximum absolute atomic E-state index is 5.44. The molecular formula is C15H25N3O2S. The Balaban J connectivity index is 1.65. The van der Waals surface area contributed by atoms with E-state index in [4.69, 9.17) is 9.47 Å². The summed E-state index contributed by atoms with van der Waals surface area (Å²) < 4.78 is 12.6. The number of rotatable bonds is 10. The van der Waals surface area contributed by atoms with Gasteiger partial charge in [0.15, 0.2) is 4.96 Å². The van der Waals surface area contributed by atoms with Gasteiger partial charge in [0.1, 0.15) is 0 Å². The van der Waals surface area contributed by atoms with E-state index in [0.29, 0.717) is 13.2 Å². The van der Waals surface area contributed by atoms with E-state index >= 15 is 0 Å². The quantitative estimate of drug-likeness (QED) is 0.685. The molecule has 0 radical (unpaired) electrons. The molecule has 0 spiro atoms. The van der Waals surface area contributed by atoms with Crippen molar-refractivity contribution >= 4 is 16.3 Å². The minimum atomic E-state index is 0.675. The van der Waals surface area contributed by atoms with Crippen molar-refractivity contribution in [3.8, 4) is 0 Å². The first kappa shape index (κ1) is 16.4. The number of hydrogen-bond donors (Lipinski definition) is 1. The lowest BCUT2D eigenvalue weighted by Gasteiger charge is -2.06. The second-order valence-electron chi connectivity index (χ2n) is 5.13. The molecule has 0 bridgehead atoms. The highest BCUT2D eigenvalue weighted by molar-refractivity contribution is 7.17. The van der Waals surface area contributed by atoms with Crippen LogP contribution in [0.25, 0.3) is 4.96 Å². The standard InChI is InChI=1S/C15H25N3O2S/c1-12-11-18-14(13(2)17-15(18)21-12)10-16-6-4-5-7-20-9-8-19-3/h11,16H,4-10H2,1-3H3. The van der Waals surface area contributed by atoms with E-state index in [9.17, 15) is 0 Å². The summed E-state index contributed by atoms with van der Waals surface area (Å²) in [6, 6.07) is 0. The summed E-state index contributed by atoms with van der Waals surface area (Å²) in [6.07, 6.45) is 4.37. The first-order valence-electron chi connectivity index (χ1n) is 7.43. The van der Waals surface area contributed by atoms with Gasteiger partial charge in [-0.1, -0.05) is 0 Å². The molecule has 0 aromatic carbocycles. The molecule has 2 aromatic rings. The fraction of sp³-hybridized carbons (Fsp3) is 0.667. The molecule has 5 nitrogen and oxygen atoms in total. The molecule has 0 aliphatic rings. The van der Waals surface area contributed by atoms with Gasteiger partial charge in [-0.05, 0) is 33.2 Å². The minimum Gasteiger partial charge on any atom is -0.382 e. The Morgan fingerprint density at radius 3 is 2.90 bits per heavy atom. The van der Waals surface area contributed by atoms with E-state index in [1.54, 1.807) is 18.4 Å². The Bertz CT molecular complexity index is 550. The first-order valence-corrected chi connectivity index (χ1v) is 8.25. The van der Waals surface area contributed by atoms with Crippen molar-refractivity contribution in [1.29, 1.82) is 0 Å². The Labute approximate surface area is 130 Å². The number of imidazole rings is 1. The molecule has 0 saturated carbocycles. The topological polar surface area (TPSA) is 47.8 Å². The molecule has 21 heavy (non-hydrogen) atoms. The van der Waals surface area contributed by atoms with Crippen molar-refractivity contribution in [2.24, 2.45) is 0 Å². The van der Waals surface area contributed by atoms with Crippen molar-refractivity contribution in [2.45, 2.75) is 33.2 Å². The number of aryl methyl sites for hydroxylation is 2. The number of fused-ring (bicyclic) bond motifs is 1. The highest BCUT2D eigenvalue weighted by atomic mass is 32.1. The van der Waals surface area contributed by atoms with Crippen LogP contribution in [0.5, 0.6) is 0 Å². The van der Waals surface area contributed by atoms with Crippen LogP contribution in [0.2, 0.25) is 0 Å². The van der Waals surface area contributed by atoms with Crippen LogP contribution in [0.3, 0.4) is 0 Å². The van der Waals surface area contributed by atoms with Crippen LogP contribution < -0.4 is 5.32 Å². The van der Waals surface area contributed by atoms with E-state index in [1.165, 1.54) is 10.6 Å². The number of unbranched alkanes of at least 4 members (excludes halogenated alkanes) is 1. The van der Waals surface area contributed by atoms with E-state index in [0.717, 1.165) is 43.2 Å². The molecule has 0 unspecified atom stereocenters. The number of ether oxygens (including phenoxy) is 2. The summed E-state index contributed by atoms with van der Waals surface area (Å²) in [5, 5.41) is 3.50. The number of hydrogen-bond acceptors (Lipinski definition) is 5. The highest BCUT2D eigenvalue weighted by Gasteiger charge is 2.10. The predicted molar refractivity (Wildman–Crippen MR) is 86.2 cm³/mol. The molecule has 0 amide bonds. The third-order valence-electron chi connectivity index (χ3n) is 3.36. The van der Waals surface area contributed by atoms with Crippen molar-refractivity contribution in [1.82, 2.24) is 14.7 Å². The summed E-state index contributed by atoms with van der Waals surface area (Å²) in [5.74, 6) is 0. The Kier molecular flexibility index (Phi) is 6.63. The lowest BCUT2D eigenvalue weighted by atomic mass is 10.3. The van der Waals surface area contributed by atoms with Crippen LogP contribution in [0.1, 0.15) is 29.1 Å². The highest BCUT2D eigenvalue weighted by Crippen LogP contribution is 2.20. The monoisotopic (exact) mass is 311 g/mol. The maximum Gasteiger partial charge on any atom is 0.194 e. The number of nitrogens with one attached hydrogen (secondary N) is 1. The summed E-state index contributed by atoms with van der Waals surface area (Å²) in [7, 11) is 1.69. The van der Waals surface area contributed by atoms with Gasteiger partial charge in [0, 0.05) is 31.3 Å². The molecule has 6 heteroatoms. The van der Waals surface area contributed by atoms with Gasteiger partial charge in [0.25, 0.3) is 0 Å². The van der Waals surface area contributed by atoms with Crippen LogP contribution in [-0.2, 0) is 16.0 Å². The fourth-order valence-electron chi connectivity index (χ4n) is 2.23. The largest absolute Gasteiger partial charge is 0.382 e. The zero-order chi connectivity index (χ0) is 15.1. The van der Waals surface area contributed by atoms with Crippen molar-refractivity contribution in [3.63, 3.8) is 0 Å². The lowest BCUT2D eigenvalue weighted by molar-refractivity contribution is 0.0688. The van der Waals surface area contributed by atoms with Gasteiger partial charge < -0.3 is 14.8 Å². The summed E-state index contributed by atoms with van der Waals surface area (Å²) in [5.41, 5.74) is 2.39. The number of nitrogens with zero attached hydrogens (tertiary/aromatic N) is 2. The molecule has 2 rings (SSSR count). The molecular weight excluding hydrogens is 286 g/mol. The number of methoxy groups -OCH3 is 1. The number of aromatic nitrogens is 2. The Morgan fingerprint density at radius 1 is 1.24 bits per heavy atom. The second kappa shape index (κ2) is 8.48. The van der Waals surface area contributed by atoms with Crippen molar-refractivity contribution in [2.75, 3.05) is 33.5 Å². The normalized spacial score (nSPS) is 11.6. The third kappa shape index (κ3) is 4.78. The zero-order valence-corrected chi connectivity index (χ0v) is 14.0. The average molecular weight is 311 g/mol. The van der Waals surface area contributed by atoms with Gasteiger partial charge in [0.05, 0.1) is 24.6 Å².